The number of epoxide rings is 1. The van der Waals surface area contributed by atoms with Crippen LogP contribution in [0.4, 0.5) is 4.79 Å². The summed E-state index contributed by atoms with van der Waals surface area (Å²) in [4.78, 5) is 14.1. The fraction of sp³-hybridized carbons (Fsp3) is 0.632. The first kappa shape index (κ1) is 17.6. The largest absolute Gasteiger partial charge is 0.446 e. The smallest absolute Gasteiger partial charge is 0.410 e. The Morgan fingerprint density at radius 1 is 1.52 bits per heavy atom. The van der Waals surface area contributed by atoms with Crippen molar-refractivity contribution in [3.63, 3.8) is 0 Å². The maximum Gasteiger partial charge on any atom is 0.410 e. The number of nitrogens with zero attached hydrogens (tertiary/aromatic N) is 1. The van der Waals surface area contributed by atoms with Crippen LogP contribution in [-0.2, 0) is 9.47 Å². The van der Waals surface area contributed by atoms with Gasteiger partial charge in [0, 0.05) is 25.0 Å². The summed E-state index contributed by atoms with van der Waals surface area (Å²) < 4.78 is 11.0. The standard InChI is InChI=1S/C19H27NO3/c1-7-13(2)14(3)10-15(4)16(5)20-9-8-17(23-18(20)21)11-19(6)12-22-19/h1,10,16-17H,8-9,11-12H2,2-6H3. The summed E-state index contributed by atoms with van der Waals surface area (Å²) in [6, 6.07) is -0.00302. The lowest BCUT2D eigenvalue weighted by Crippen LogP contribution is -2.47. The fourth-order valence-electron chi connectivity index (χ4n) is 2.79. The van der Waals surface area contributed by atoms with Crippen LogP contribution in [0, 0.1) is 12.3 Å². The second-order valence-corrected chi connectivity index (χ2v) is 6.95. The van der Waals surface area contributed by atoms with Gasteiger partial charge in [-0.05, 0) is 40.2 Å². The monoisotopic (exact) mass is 317 g/mol. The molecule has 23 heavy (non-hydrogen) atoms. The van der Waals surface area contributed by atoms with E-state index in [0.717, 1.165) is 36.2 Å². The average molecular weight is 317 g/mol. The van der Waals surface area contributed by atoms with Gasteiger partial charge < -0.3 is 14.4 Å². The van der Waals surface area contributed by atoms with Gasteiger partial charge in [0.25, 0.3) is 0 Å². The highest BCUT2D eigenvalue weighted by atomic mass is 16.6. The molecule has 0 radical (unpaired) electrons. The van der Waals surface area contributed by atoms with Crippen LogP contribution < -0.4 is 0 Å². The van der Waals surface area contributed by atoms with Gasteiger partial charge in [-0.1, -0.05) is 17.6 Å². The summed E-state index contributed by atoms with van der Waals surface area (Å²) in [6.45, 7) is 11.5. The molecule has 2 saturated heterocycles. The van der Waals surface area contributed by atoms with Gasteiger partial charge in [0.1, 0.15) is 6.10 Å². The van der Waals surface area contributed by atoms with Gasteiger partial charge in [-0.15, -0.1) is 6.42 Å². The highest BCUT2D eigenvalue weighted by Crippen LogP contribution is 2.34. The molecule has 3 atom stereocenters. The Bertz CT molecular complexity index is 578. The van der Waals surface area contributed by atoms with Crippen LogP contribution in [0.1, 0.15) is 47.5 Å². The lowest BCUT2D eigenvalue weighted by molar-refractivity contribution is 0.00589. The topological polar surface area (TPSA) is 42.1 Å². The molecule has 2 aliphatic heterocycles. The first-order valence-corrected chi connectivity index (χ1v) is 8.19. The second-order valence-electron chi connectivity index (χ2n) is 6.95. The number of hydrogen-bond acceptors (Lipinski definition) is 3. The Labute approximate surface area is 139 Å². The van der Waals surface area contributed by atoms with Crippen molar-refractivity contribution in [2.45, 2.75) is 65.2 Å². The molecule has 3 unspecified atom stereocenters. The van der Waals surface area contributed by atoms with E-state index in [1.807, 2.05) is 27.7 Å². The second kappa shape index (κ2) is 6.80. The Morgan fingerprint density at radius 3 is 2.70 bits per heavy atom. The average Bonchev–Trinajstić information content (AvgIpc) is 3.22. The Kier molecular flexibility index (Phi) is 5.21. The zero-order valence-electron chi connectivity index (χ0n) is 14.8. The van der Waals surface area contributed by atoms with E-state index in [4.69, 9.17) is 15.9 Å². The van der Waals surface area contributed by atoms with Gasteiger partial charge in [-0.3, -0.25) is 0 Å². The van der Waals surface area contributed by atoms with Gasteiger partial charge in [0.15, 0.2) is 0 Å². The zero-order valence-corrected chi connectivity index (χ0v) is 14.8. The van der Waals surface area contributed by atoms with E-state index in [1.165, 1.54) is 0 Å². The summed E-state index contributed by atoms with van der Waals surface area (Å²) in [6.07, 6.45) is 8.85. The van der Waals surface area contributed by atoms with Gasteiger partial charge >= 0.3 is 6.09 Å². The zero-order chi connectivity index (χ0) is 17.2. The highest BCUT2D eigenvalue weighted by molar-refractivity contribution is 5.69. The van der Waals surface area contributed by atoms with Crippen LogP contribution >= 0.6 is 0 Å². The van der Waals surface area contributed by atoms with Crippen LogP contribution in [0.5, 0.6) is 0 Å². The number of amides is 1. The van der Waals surface area contributed by atoms with E-state index in [2.05, 4.69) is 18.9 Å². The molecule has 2 fully saturated rings. The molecule has 4 heteroatoms. The lowest BCUT2D eigenvalue weighted by atomic mass is 9.99. The van der Waals surface area contributed by atoms with Crippen molar-refractivity contribution in [2.24, 2.45) is 0 Å². The third-order valence-electron chi connectivity index (χ3n) is 4.87. The van der Waals surface area contributed by atoms with Crippen molar-refractivity contribution in [3.8, 4) is 12.3 Å². The number of carbonyl (C=O) groups is 1. The lowest BCUT2D eigenvalue weighted by Gasteiger charge is -2.36. The predicted molar refractivity (Wildman–Crippen MR) is 91.0 cm³/mol. The number of rotatable bonds is 5. The minimum absolute atomic E-state index is 0.00302. The first-order valence-electron chi connectivity index (χ1n) is 8.19. The van der Waals surface area contributed by atoms with Gasteiger partial charge in [-0.2, -0.15) is 0 Å². The van der Waals surface area contributed by atoms with Crippen LogP contribution in [0.3, 0.4) is 0 Å². The predicted octanol–water partition coefficient (Wildman–Crippen LogP) is 3.68. The summed E-state index contributed by atoms with van der Waals surface area (Å²) in [5.74, 6) is 2.65. The molecule has 0 aliphatic carbocycles. The van der Waals surface area contributed by atoms with E-state index in [0.29, 0.717) is 6.54 Å². The molecule has 0 aromatic heterocycles. The number of cyclic esters (lactones) is 1. The molecule has 0 aromatic carbocycles. The van der Waals surface area contributed by atoms with Crippen molar-refractivity contribution in [3.05, 3.63) is 22.8 Å². The molecular weight excluding hydrogens is 290 g/mol. The summed E-state index contributed by atoms with van der Waals surface area (Å²) in [5.41, 5.74) is 2.99. The van der Waals surface area contributed by atoms with Crippen LogP contribution in [0.25, 0.3) is 0 Å². The highest BCUT2D eigenvalue weighted by Gasteiger charge is 2.44. The Balaban J connectivity index is 1.98. The maximum absolute atomic E-state index is 12.3. The molecule has 0 N–H and O–H groups in total. The van der Waals surface area contributed by atoms with Crippen molar-refractivity contribution < 1.29 is 14.3 Å². The molecular formula is C19H27NO3. The van der Waals surface area contributed by atoms with Gasteiger partial charge in [-0.25, -0.2) is 4.79 Å². The normalized spacial score (nSPS) is 30.3. The molecule has 1 amide bonds. The van der Waals surface area contributed by atoms with E-state index in [1.54, 1.807) is 4.90 Å². The van der Waals surface area contributed by atoms with E-state index >= 15 is 0 Å². The fourth-order valence-corrected chi connectivity index (χ4v) is 2.79. The van der Waals surface area contributed by atoms with Crippen LogP contribution in [0.2, 0.25) is 0 Å². The van der Waals surface area contributed by atoms with Crippen molar-refractivity contribution >= 4 is 6.09 Å². The summed E-state index contributed by atoms with van der Waals surface area (Å²) >= 11 is 0. The summed E-state index contributed by atoms with van der Waals surface area (Å²) in [7, 11) is 0. The van der Waals surface area contributed by atoms with E-state index in [9.17, 15) is 4.79 Å². The minimum Gasteiger partial charge on any atom is -0.446 e. The van der Waals surface area contributed by atoms with Crippen molar-refractivity contribution in [1.82, 2.24) is 4.90 Å². The quantitative estimate of drug-likeness (QED) is 0.441. The van der Waals surface area contributed by atoms with E-state index < -0.39 is 0 Å². The number of terminal acetylenes is 1. The Hall–Kier alpha value is -1.73. The molecule has 2 rings (SSSR count). The van der Waals surface area contributed by atoms with Gasteiger partial charge in [0.05, 0.1) is 18.2 Å². The molecule has 0 aromatic rings. The molecule has 126 valence electrons. The molecule has 2 heterocycles. The summed E-state index contributed by atoms with van der Waals surface area (Å²) in [5, 5.41) is 0. The molecule has 0 bridgehead atoms. The van der Waals surface area contributed by atoms with Crippen molar-refractivity contribution in [1.29, 1.82) is 0 Å². The third-order valence-corrected chi connectivity index (χ3v) is 4.87. The first-order chi connectivity index (χ1) is 10.8. The number of allylic oxidation sites excluding steroid dienone is 3. The van der Waals surface area contributed by atoms with Crippen molar-refractivity contribution in [2.75, 3.05) is 13.2 Å². The minimum atomic E-state index is -0.235. The maximum atomic E-state index is 12.3. The van der Waals surface area contributed by atoms with Gasteiger partial charge in [0.2, 0.25) is 0 Å². The SMILES string of the molecule is C#CC(C)=C(C)C=C(C)C(C)N1CCC(CC2(C)CO2)OC1=O. The third kappa shape index (κ3) is 4.39. The van der Waals surface area contributed by atoms with Crippen LogP contribution in [-0.4, -0.2) is 41.9 Å². The number of ether oxygens (including phenoxy) is 2. The molecule has 4 nitrogen and oxygen atoms in total. The van der Waals surface area contributed by atoms with Crippen LogP contribution in [0.15, 0.2) is 22.8 Å². The molecule has 2 aliphatic rings. The number of hydrogen-bond donors (Lipinski definition) is 0. The Morgan fingerprint density at radius 2 is 2.17 bits per heavy atom. The molecule has 0 saturated carbocycles. The molecule has 0 spiro atoms. The number of carbonyl (C=O) groups excluding carboxylic acids is 1. The van der Waals surface area contributed by atoms with E-state index in [-0.39, 0.29) is 23.8 Å².